The Morgan fingerprint density at radius 2 is 1.86 bits per heavy atom. The summed E-state index contributed by atoms with van der Waals surface area (Å²) in [5, 5.41) is 9.71. The molecule has 0 radical (unpaired) electrons. The Kier molecular flexibility index (Phi) is 5.75. The molecule has 1 N–H and O–H groups in total. The SMILES string of the molecule is Cc1ccc(CN(C(=O)C(CO)c2ccccc2)C(C)C)s1. The molecule has 0 aliphatic rings. The molecule has 0 aliphatic heterocycles. The lowest BCUT2D eigenvalue weighted by atomic mass is 9.98. The highest BCUT2D eigenvalue weighted by molar-refractivity contribution is 7.11. The van der Waals surface area contributed by atoms with Gasteiger partial charge in [0.15, 0.2) is 0 Å². The Labute approximate surface area is 136 Å². The van der Waals surface area contributed by atoms with Gasteiger partial charge in [-0.15, -0.1) is 11.3 Å². The molecule has 1 heterocycles. The zero-order valence-electron chi connectivity index (χ0n) is 13.3. The van der Waals surface area contributed by atoms with Crippen molar-refractivity contribution < 1.29 is 9.90 Å². The number of rotatable bonds is 6. The molecule has 0 bridgehead atoms. The molecule has 118 valence electrons. The Balaban J connectivity index is 2.21. The fourth-order valence-electron chi connectivity index (χ4n) is 2.46. The van der Waals surface area contributed by atoms with Crippen LogP contribution in [0.5, 0.6) is 0 Å². The van der Waals surface area contributed by atoms with Crippen LogP contribution in [-0.2, 0) is 11.3 Å². The smallest absolute Gasteiger partial charge is 0.233 e. The van der Waals surface area contributed by atoms with E-state index in [1.165, 1.54) is 9.75 Å². The summed E-state index contributed by atoms with van der Waals surface area (Å²) in [5.41, 5.74) is 0.864. The molecular weight excluding hydrogens is 294 g/mol. The first-order valence-corrected chi connectivity index (χ1v) is 8.36. The van der Waals surface area contributed by atoms with Crippen LogP contribution in [-0.4, -0.2) is 28.6 Å². The van der Waals surface area contributed by atoms with Gasteiger partial charge in [0, 0.05) is 15.8 Å². The molecule has 3 nitrogen and oxygen atoms in total. The summed E-state index contributed by atoms with van der Waals surface area (Å²) in [6.45, 7) is 6.51. The van der Waals surface area contributed by atoms with E-state index in [1.54, 1.807) is 11.3 Å². The van der Waals surface area contributed by atoms with E-state index in [4.69, 9.17) is 0 Å². The number of carbonyl (C=O) groups excluding carboxylic acids is 1. The predicted molar refractivity (Wildman–Crippen MR) is 91.0 cm³/mol. The predicted octanol–water partition coefficient (Wildman–Crippen LogP) is 3.57. The fourth-order valence-corrected chi connectivity index (χ4v) is 3.35. The van der Waals surface area contributed by atoms with Crippen molar-refractivity contribution in [3.8, 4) is 0 Å². The molecule has 4 heteroatoms. The van der Waals surface area contributed by atoms with Crippen molar-refractivity contribution in [2.45, 2.75) is 39.3 Å². The number of benzene rings is 1. The maximum absolute atomic E-state index is 12.9. The Bertz CT molecular complexity index is 607. The lowest BCUT2D eigenvalue weighted by molar-refractivity contribution is -0.136. The van der Waals surface area contributed by atoms with Crippen LogP contribution in [0.3, 0.4) is 0 Å². The third-order valence-electron chi connectivity index (χ3n) is 3.71. The number of aliphatic hydroxyl groups is 1. The Hall–Kier alpha value is -1.65. The van der Waals surface area contributed by atoms with E-state index in [1.807, 2.05) is 49.1 Å². The minimum Gasteiger partial charge on any atom is -0.395 e. The number of aryl methyl sites for hydroxylation is 1. The van der Waals surface area contributed by atoms with Crippen molar-refractivity contribution in [3.05, 3.63) is 57.8 Å². The average molecular weight is 317 g/mol. The van der Waals surface area contributed by atoms with Gasteiger partial charge in [0.1, 0.15) is 0 Å². The van der Waals surface area contributed by atoms with Crippen LogP contribution in [0.1, 0.15) is 35.1 Å². The zero-order valence-corrected chi connectivity index (χ0v) is 14.1. The van der Waals surface area contributed by atoms with Crippen molar-refractivity contribution in [1.82, 2.24) is 4.90 Å². The van der Waals surface area contributed by atoms with Crippen LogP contribution in [0.2, 0.25) is 0 Å². The van der Waals surface area contributed by atoms with Gasteiger partial charge in [-0.2, -0.15) is 0 Å². The summed E-state index contributed by atoms with van der Waals surface area (Å²) in [4.78, 5) is 17.2. The van der Waals surface area contributed by atoms with Gasteiger partial charge in [-0.05, 0) is 38.5 Å². The van der Waals surface area contributed by atoms with Gasteiger partial charge in [0.05, 0.1) is 19.1 Å². The highest BCUT2D eigenvalue weighted by Crippen LogP contribution is 2.23. The normalized spacial score (nSPS) is 12.4. The minimum atomic E-state index is -0.496. The number of hydrogen-bond acceptors (Lipinski definition) is 3. The van der Waals surface area contributed by atoms with Crippen LogP contribution < -0.4 is 0 Å². The van der Waals surface area contributed by atoms with Crippen molar-refractivity contribution in [2.24, 2.45) is 0 Å². The van der Waals surface area contributed by atoms with E-state index in [-0.39, 0.29) is 18.6 Å². The molecule has 0 aliphatic carbocycles. The number of hydrogen-bond donors (Lipinski definition) is 1. The van der Waals surface area contributed by atoms with E-state index in [9.17, 15) is 9.90 Å². The molecule has 0 spiro atoms. The van der Waals surface area contributed by atoms with E-state index in [0.29, 0.717) is 6.54 Å². The molecule has 0 saturated heterocycles. The maximum atomic E-state index is 12.9. The lowest BCUT2D eigenvalue weighted by Crippen LogP contribution is -2.40. The molecule has 0 fully saturated rings. The van der Waals surface area contributed by atoms with Gasteiger partial charge < -0.3 is 10.0 Å². The first-order chi connectivity index (χ1) is 10.5. The van der Waals surface area contributed by atoms with Crippen LogP contribution >= 0.6 is 11.3 Å². The zero-order chi connectivity index (χ0) is 16.1. The largest absolute Gasteiger partial charge is 0.395 e. The standard InChI is InChI=1S/C18H23NO2S/c1-13(2)19(11-16-10-9-14(3)22-16)18(21)17(12-20)15-7-5-4-6-8-15/h4-10,13,17,20H,11-12H2,1-3H3. The lowest BCUT2D eigenvalue weighted by Gasteiger charge is -2.30. The van der Waals surface area contributed by atoms with Crippen LogP contribution in [0.25, 0.3) is 0 Å². The molecule has 1 unspecified atom stereocenters. The molecule has 1 aromatic heterocycles. The minimum absolute atomic E-state index is 0.0187. The Morgan fingerprint density at radius 3 is 2.36 bits per heavy atom. The number of amides is 1. The monoisotopic (exact) mass is 317 g/mol. The van der Waals surface area contributed by atoms with Gasteiger partial charge in [0.2, 0.25) is 5.91 Å². The molecule has 1 atom stereocenters. The van der Waals surface area contributed by atoms with Gasteiger partial charge in [0.25, 0.3) is 0 Å². The van der Waals surface area contributed by atoms with Crippen molar-refractivity contribution in [1.29, 1.82) is 0 Å². The van der Waals surface area contributed by atoms with Crippen molar-refractivity contribution in [3.63, 3.8) is 0 Å². The number of carbonyl (C=O) groups is 1. The summed E-state index contributed by atoms with van der Waals surface area (Å²) < 4.78 is 0. The molecule has 1 amide bonds. The van der Waals surface area contributed by atoms with Gasteiger partial charge in [-0.1, -0.05) is 30.3 Å². The molecule has 1 aromatic carbocycles. The summed E-state index contributed by atoms with van der Waals surface area (Å²) in [6.07, 6.45) is 0. The van der Waals surface area contributed by atoms with Crippen LogP contribution in [0.15, 0.2) is 42.5 Å². The van der Waals surface area contributed by atoms with Gasteiger partial charge >= 0.3 is 0 Å². The third-order valence-corrected chi connectivity index (χ3v) is 4.70. The third kappa shape index (κ3) is 3.96. The molecule has 22 heavy (non-hydrogen) atoms. The summed E-state index contributed by atoms with van der Waals surface area (Å²) in [7, 11) is 0. The molecular formula is C18H23NO2S. The molecule has 2 rings (SSSR count). The summed E-state index contributed by atoms with van der Waals surface area (Å²) in [5.74, 6) is -0.514. The fraction of sp³-hybridized carbons (Fsp3) is 0.389. The summed E-state index contributed by atoms with van der Waals surface area (Å²) in [6, 6.07) is 13.7. The summed E-state index contributed by atoms with van der Waals surface area (Å²) >= 11 is 1.71. The van der Waals surface area contributed by atoms with Gasteiger partial charge in [-0.3, -0.25) is 4.79 Å². The molecule has 2 aromatic rings. The number of aliphatic hydroxyl groups excluding tert-OH is 1. The number of nitrogens with zero attached hydrogens (tertiary/aromatic N) is 1. The Morgan fingerprint density at radius 1 is 1.18 bits per heavy atom. The van der Waals surface area contributed by atoms with Gasteiger partial charge in [-0.25, -0.2) is 0 Å². The quantitative estimate of drug-likeness (QED) is 0.885. The number of thiophene rings is 1. The first kappa shape index (κ1) is 16.7. The van der Waals surface area contributed by atoms with E-state index in [2.05, 4.69) is 19.1 Å². The topological polar surface area (TPSA) is 40.5 Å². The second-order valence-corrected chi connectivity index (χ2v) is 7.09. The maximum Gasteiger partial charge on any atom is 0.233 e. The highest BCUT2D eigenvalue weighted by atomic mass is 32.1. The van der Waals surface area contributed by atoms with E-state index < -0.39 is 5.92 Å². The van der Waals surface area contributed by atoms with Crippen LogP contribution in [0, 0.1) is 6.92 Å². The second-order valence-electron chi connectivity index (χ2n) is 5.72. The van der Waals surface area contributed by atoms with Crippen molar-refractivity contribution >= 4 is 17.2 Å². The first-order valence-electron chi connectivity index (χ1n) is 7.54. The highest BCUT2D eigenvalue weighted by Gasteiger charge is 2.27. The average Bonchev–Trinajstić information content (AvgIpc) is 2.91. The van der Waals surface area contributed by atoms with E-state index >= 15 is 0 Å². The second kappa shape index (κ2) is 7.56. The van der Waals surface area contributed by atoms with Crippen LogP contribution in [0.4, 0.5) is 0 Å². The molecule has 0 saturated carbocycles. The van der Waals surface area contributed by atoms with Crippen molar-refractivity contribution in [2.75, 3.05) is 6.61 Å². The van der Waals surface area contributed by atoms with E-state index in [0.717, 1.165) is 5.56 Å².